The van der Waals surface area contributed by atoms with E-state index in [0.29, 0.717) is 12.1 Å². The minimum Gasteiger partial charge on any atom is -0.452 e. The number of carbonyl (C=O) groups is 2. The lowest BCUT2D eigenvalue weighted by atomic mass is 10.2. The fraction of sp³-hybridized carbons (Fsp3) is 0.308. The maximum absolute atomic E-state index is 11.7. The number of benzene rings is 1. The van der Waals surface area contributed by atoms with Gasteiger partial charge in [0, 0.05) is 17.2 Å². The number of amides is 1. The fourth-order valence-corrected chi connectivity index (χ4v) is 1.82. The summed E-state index contributed by atoms with van der Waals surface area (Å²) in [5.74, 6) is -0.852. The Balaban J connectivity index is 2.46. The van der Waals surface area contributed by atoms with Crippen LogP contribution >= 0.6 is 22.6 Å². The molecule has 0 heterocycles. The molecule has 6 heteroatoms. The van der Waals surface area contributed by atoms with Crippen molar-refractivity contribution < 1.29 is 14.3 Å². The third kappa shape index (κ3) is 5.26. The highest BCUT2D eigenvalue weighted by molar-refractivity contribution is 14.1. The van der Waals surface area contributed by atoms with Gasteiger partial charge in [-0.2, -0.15) is 5.26 Å². The molecule has 1 amide bonds. The molecule has 0 saturated carbocycles. The molecule has 0 aromatic heterocycles. The number of nitrogens with zero attached hydrogens (tertiary/aromatic N) is 2. The zero-order chi connectivity index (χ0) is 14.3. The van der Waals surface area contributed by atoms with Crippen molar-refractivity contribution in [3.63, 3.8) is 0 Å². The van der Waals surface area contributed by atoms with Gasteiger partial charge in [-0.25, -0.2) is 4.79 Å². The highest BCUT2D eigenvalue weighted by Gasteiger charge is 2.13. The first-order valence-electron chi connectivity index (χ1n) is 5.58. The lowest BCUT2D eigenvalue weighted by molar-refractivity contribution is -0.133. The third-order valence-corrected chi connectivity index (χ3v) is 3.04. The zero-order valence-electron chi connectivity index (χ0n) is 10.4. The number of rotatable bonds is 5. The summed E-state index contributed by atoms with van der Waals surface area (Å²) in [6.45, 7) is 0.0162. The molecule has 0 spiro atoms. The summed E-state index contributed by atoms with van der Waals surface area (Å²) in [5, 5.41) is 8.42. The fourth-order valence-electron chi connectivity index (χ4n) is 1.28. The molecule has 5 nitrogen and oxygen atoms in total. The van der Waals surface area contributed by atoms with E-state index in [0.717, 1.165) is 3.57 Å². The second-order valence-electron chi connectivity index (χ2n) is 3.81. The van der Waals surface area contributed by atoms with Crippen LogP contribution in [0.1, 0.15) is 16.8 Å². The van der Waals surface area contributed by atoms with Crippen molar-refractivity contribution >= 4 is 34.5 Å². The second kappa shape index (κ2) is 7.74. The Hall–Kier alpha value is -1.62. The SMILES string of the molecule is CN(CCC#N)C(=O)COC(=O)c1cccc(I)c1. The number of likely N-dealkylation sites (N-methyl/N-ethyl adjacent to an activating group) is 1. The van der Waals surface area contributed by atoms with Crippen molar-refractivity contribution in [2.75, 3.05) is 20.2 Å². The molecule has 0 radical (unpaired) electrons. The topological polar surface area (TPSA) is 70.4 Å². The molecule has 19 heavy (non-hydrogen) atoms. The minimum atomic E-state index is -0.527. The van der Waals surface area contributed by atoms with Crippen molar-refractivity contribution in [3.05, 3.63) is 33.4 Å². The van der Waals surface area contributed by atoms with Crippen LogP contribution in [0.15, 0.2) is 24.3 Å². The van der Waals surface area contributed by atoms with Crippen molar-refractivity contribution in [3.8, 4) is 6.07 Å². The molecule has 0 unspecified atom stereocenters. The predicted octanol–water partition coefficient (Wildman–Crippen LogP) is 1.82. The molecule has 0 fully saturated rings. The molecule has 0 atom stereocenters. The van der Waals surface area contributed by atoms with Crippen LogP contribution < -0.4 is 0 Å². The highest BCUT2D eigenvalue weighted by Crippen LogP contribution is 2.09. The first kappa shape index (κ1) is 15.4. The second-order valence-corrected chi connectivity index (χ2v) is 5.06. The van der Waals surface area contributed by atoms with Gasteiger partial charge in [0.15, 0.2) is 6.61 Å². The first-order chi connectivity index (χ1) is 9.04. The normalized spacial score (nSPS) is 9.53. The minimum absolute atomic E-state index is 0.257. The van der Waals surface area contributed by atoms with Gasteiger partial charge in [-0.3, -0.25) is 4.79 Å². The summed E-state index contributed by atoms with van der Waals surface area (Å²) in [7, 11) is 1.57. The Morgan fingerprint density at radius 1 is 1.47 bits per heavy atom. The Morgan fingerprint density at radius 2 is 2.21 bits per heavy atom. The van der Waals surface area contributed by atoms with Crippen molar-refractivity contribution in [1.82, 2.24) is 4.90 Å². The Morgan fingerprint density at radius 3 is 2.84 bits per heavy atom. The average Bonchev–Trinajstić information content (AvgIpc) is 2.41. The Bertz CT molecular complexity index is 511. The van der Waals surface area contributed by atoms with E-state index in [1.165, 1.54) is 4.90 Å². The van der Waals surface area contributed by atoms with Gasteiger partial charge in [0.25, 0.3) is 5.91 Å². The van der Waals surface area contributed by atoms with Gasteiger partial charge >= 0.3 is 5.97 Å². The molecule has 1 aromatic rings. The third-order valence-electron chi connectivity index (χ3n) is 2.37. The van der Waals surface area contributed by atoms with E-state index in [2.05, 4.69) is 22.6 Å². The van der Waals surface area contributed by atoms with E-state index < -0.39 is 5.97 Å². The standard InChI is InChI=1S/C13H13IN2O3/c1-16(7-3-6-15)12(17)9-19-13(18)10-4-2-5-11(14)8-10/h2,4-5,8H,3,7,9H2,1H3. The number of esters is 1. The van der Waals surface area contributed by atoms with Crippen LogP contribution in [-0.4, -0.2) is 37.0 Å². The molecular weight excluding hydrogens is 359 g/mol. The lowest BCUT2D eigenvalue weighted by Gasteiger charge is -2.15. The van der Waals surface area contributed by atoms with Gasteiger partial charge in [0.1, 0.15) is 0 Å². The van der Waals surface area contributed by atoms with Gasteiger partial charge < -0.3 is 9.64 Å². The average molecular weight is 372 g/mol. The summed E-state index contributed by atoms with van der Waals surface area (Å²) < 4.78 is 5.85. The molecule has 0 saturated heterocycles. The molecular formula is C13H13IN2O3. The van der Waals surface area contributed by atoms with Crippen molar-refractivity contribution in [1.29, 1.82) is 5.26 Å². The van der Waals surface area contributed by atoms with E-state index >= 15 is 0 Å². The molecule has 0 N–H and O–H groups in total. The smallest absolute Gasteiger partial charge is 0.338 e. The summed E-state index contributed by atoms with van der Waals surface area (Å²) in [5.41, 5.74) is 0.416. The zero-order valence-corrected chi connectivity index (χ0v) is 12.6. The van der Waals surface area contributed by atoms with Crippen LogP contribution in [0.4, 0.5) is 0 Å². The highest BCUT2D eigenvalue weighted by atomic mass is 127. The molecule has 100 valence electrons. The van der Waals surface area contributed by atoms with E-state index in [1.807, 2.05) is 12.1 Å². The molecule has 0 bridgehead atoms. The Kier molecular flexibility index (Phi) is 6.29. The van der Waals surface area contributed by atoms with Crippen LogP contribution in [0.25, 0.3) is 0 Å². The van der Waals surface area contributed by atoms with Crippen LogP contribution in [0.3, 0.4) is 0 Å². The summed E-state index contributed by atoms with van der Waals surface area (Å²) in [6.07, 6.45) is 0.257. The van der Waals surface area contributed by atoms with E-state index in [1.54, 1.807) is 25.2 Å². The summed E-state index contributed by atoms with van der Waals surface area (Å²) >= 11 is 2.09. The van der Waals surface area contributed by atoms with Gasteiger partial charge in [-0.1, -0.05) is 6.07 Å². The van der Waals surface area contributed by atoms with E-state index in [9.17, 15) is 9.59 Å². The summed E-state index contributed by atoms with van der Waals surface area (Å²) in [6, 6.07) is 8.88. The number of nitriles is 1. The quantitative estimate of drug-likeness (QED) is 0.584. The lowest BCUT2D eigenvalue weighted by Crippen LogP contribution is -2.31. The van der Waals surface area contributed by atoms with Crippen molar-refractivity contribution in [2.24, 2.45) is 0 Å². The molecule has 0 aliphatic carbocycles. The number of hydrogen-bond donors (Lipinski definition) is 0. The van der Waals surface area contributed by atoms with Crippen molar-refractivity contribution in [2.45, 2.75) is 6.42 Å². The van der Waals surface area contributed by atoms with Crippen LogP contribution in [0.5, 0.6) is 0 Å². The van der Waals surface area contributed by atoms with Crippen LogP contribution in [-0.2, 0) is 9.53 Å². The number of carbonyl (C=O) groups excluding carboxylic acids is 2. The first-order valence-corrected chi connectivity index (χ1v) is 6.66. The molecule has 0 aliphatic heterocycles. The maximum atomic E-state index is 11.7. The molecule has 1 aromatic carbocycles. The number of halogens is 1. The predicted molar refractivity (Wildman–Crippen MR) is 77.3 cm³/mol. The van der Waals surface area contributed by atoms with Gasteiger partial charge in [-0.05, 0) is 40.8 Å². The number of hydrogen-bond acceptors (Lipinski definition) is 4. The van der Waals surface area contributed by atoms with E-state index in [4.69, 9.17) is 10.00 Å². The van der Waals surface area contributed by atoms with E-state index in [-0.39, 0.29) is 18.9 Å². The monoisotopic (exact) mass is 372 g/mol. The van der Waals surface area contributed by atoms with Gasteiger partial charge in [0.2, 0.25) is 0 Å². The van der Waals surface area contributed by atoms with Crippen LogP contribution in [0.2, 0.25) is 0 Å². The number of ether oxygens (including phenoxy) is 1. The largest absolute Gasteiger partial charge is 0.452 e. The van der Waals surface area contributed by atoms with Gasteiger partial charge in [-0.15, -0.1) is 0 Å². The van der Waals surface area contributed by atoms with Crippen LogP contribution in [0, 0.1) is 14.9 Å². The molecule has 0 aliphatic rings. The maximum Gasteiger partial charge on any atom is 0.338 e. The summed E-state index contributed by atoms with van der Waals surface area (Å²) in [4.78, 5) is 24.6. The van der Waals surface area contributed by atoms with Gasteiger partial charge in [0.05, 0.1) is 18.1 Å². The molecule has 1 rings (SSSR count). The Labute approximate surface area is 125 Å².